The Bertz CT molecular complexity index is 1560. The molecule has 2 rings (SSSR count). The van der Waals surface area contributed by atoms with Gasteiger partial charge in [-0.05, 0) is 23.5 Å². The summed E-state index contributed by atoms with van der Waals surface area (Å²) in [5.74, 6) is -5.77. The molecule has 0 aromatic heterocycles. The Kier molecular flexibility index (Phi) is 15.2. The lowest BCUT2D eigenvalue weighted by atomic mass is 10.00. The number of rotatable bonds is 18. The molecule has 6 N–H and O–H groups in total. The van der Waals surface area contributed by atoms with Crippen molar-refractivity contribution in [3.8, 4) is 0 Å². The zero-order valence-corrected chi connectivity index (χ0v) is 27.4. The number of carbonyl (C=O) groups is 6. The molecule has 0 bridgehead atoms. The topological polar surface area (TPSA) is 234 Å². The molecule has 48 heavy (non-hydrogen) atoms. The molecule has 0 radical (unpaired) electrons. The van der Waals surface area contributed by atoms with E-state index in [-0.39, 0.29) is 25.0 Å². The number of amides is 4. The zero-order valence-electron chi connectivity index (χ0n) is 26.6. The molecule has 0 aliphatic heterocycles. The SMILES string of the molecule is CC(C)[C@H](NC(=O)[C@@H](NC(=O)[C@H](CC(=O)O)NC(=O)OCc1ccccc1)c1ccccc1)C(=O)NC(/C=C/S(C)(=O)=O)CCC(=O)O. The molecule has 0 heterocycles. The number of benzene rings is 2. The lowest BCUT2D eigenvalue weighted by Crippen LogP contribution is -2.55. The van der Waals surface area contributed by atoms with E-state index in [1.54, 1.807) is 62.4 Å². The molecule has 2 aromatic rings. The van der Waals surface area contributed by atoms with Crippen molar-refractivity contribution in [1.29, 1.82) is 0 Å². The highest BCUT2D eigenvalue weighted by Gasteiger charge is 2.33. The number of carboxylic acid groups (broad SMARTS) is 2. The molecule has 0 fully saturated rings. The van der Waals surface area contributed by atoms with Crippen molar-refractivity contribution in [1.82, 2.24) is 21.3 Å². The first-order valence-electron chi connectivity index (χ1n) is 14.8. The van der Waals surface area contributed by atoms with E-state index in [0.29, 0.717) is 5.56 Å². The van der Waals surface area contributed by atoms with Crippen molar-refractivity contribution < 1.29 is 52.1 Å². The number of sulfone groups is 1. The number of alkyl carbamates (subject to hydrolysis) is 1. The summed E-state index contributed by atoms with van der Waals surface area (Å²) in [5.41, 5.74) is 0.915. The van der Waals surface area contributed by atoms with Gasteiger partial charge in [-0.1, -0.05) is 80.6 Å². The van der Waals surface area contributed by atoms with Crippen LogP contribution in [0.2, 0.25) is 0 Å². The van der Waals surface area contributed by atoms with E-state index in [1.165, 1.54) is 12.1 Å². The Morgan fingerprint density at radius 2 is 1.40 bits per heavy atom. The third-order valence-corrected chi connectivity index (χ3v) is 7.34. The third-order valence-electron chi connectivity index (χ3n) is 6.68. The second kappa shape index (κ2) is 18.8. The van der Waals surface area contributed by atoms with E-state index in [4.69, 9.17) is 9.84 Å². The molecular weight excluding hydrogens is 648 g/mol. The molecule has 0 saturated heterocycles. The summed E-state index contributed by atoms with van der Waals surface area (Å²) in [6.45, 7) is 3.09. The summed E-state index contributed by atoms with van der Waals surface area (Å²) < 4.78 is 28.4. The molecule has 0 aliphatic rings. The van der Waals surface area contributed by atoms with Crippen LogP contribution in [-0.4, -0.2) is 78.8 Å². The molecule has 0 aliphatic carbocycles. The van der Waals surface area contributed by atoms with Gasteiger partial charge in [0.15, 0.2) is 9.84 Å². The van der Waals surface area contributed by atoms with E-state index >= 15 is 0 Å². The second-order valence-electron chi connectivity index (χ2n) is 11.1. The summed E-state index contributed by atoms with van der Waals surface area (Å²) in [6.07, 6.45) is -0.363. The molecule has 15 nitrogen and oxygen atoms in total. The van der Waals surface area contributed by atoms with Crippen molar-refractivity contribution in [3.05, 3.63) is 83.3 Å². The van der Waals surface area contributed by atoms with E-state index in [1.807, 2.05) is 0 Å². The monoisotopic (exact) mass is 688 g/mol. The van der Waals surface area contributed by atoms with Crippen LogP contribution in [0.5, 0.6) is 0 Å². The Hall–Kier alpha value is -5.25. The molecule has 0 saturated carbocycles. The van der Waals surface area contributed by atoms with Crippen LogP contribution in [0.1, 0.15) is 50.3 Å². The molecule has 16 heteroatoms. The summed E-state index contributed by atoms with van der Waals surface area (Å²) in [7, 11) is -3.60. The lowest BCUT2D eigenvalue weighted by molar-refractivity contribution is -0.140. The number of aliphatic carboxylic acids is 2. The Morgan fingerprint density at radius 1 is 0.792 bits per heavy atom. The van der Waals surface area contributed by atoms with Gasteiger partial charge in [-0.3, -0.25) is 24.0 Å². The van der Waals surface area contributed by atoms with Gasteiger partial charge in [0, 0.05) is 24.1 Å². The number of nitrogens with one attached hydrogen (secondary N) is 4. The minimum Gasteiger partial charge on any atom is -0.481 e. The van der Waals surface area contributed by atoms with Crippen LogP contribution >= 0.6 is 0 Å². The summed E-state index contributed by atoms with van der Waals surface area (Å²) >= 11 is 0. The quantitative estimate of drug-likeness (QED) is 0.132. The molecule has 0 spiro atoms. The van der Waals surface area contributed by atoms with Crippen LogP contribution < -0.4 is 21.3 Å². The Labute approximate surface area is 278 Å². The zero-order chi connectivity index (χ0) is 35.9. The maximum atomic E-state index is 13.7. The predicted octanol–water partition coefficient (Wildman–Crippen LogP) is 1.66. The summed E-state index contributed by atoms with van der Waals surface area (Å²) in [4.78, 5) is 75.5. The van der Waals surface area contributed by atoms with Gasteiger partial charge >= 0.3 is 18.0 Å². The van der Waals surface area contributed by atoms with Crippen molar-refractivity contribution in [3.63, 3.8) is 0 Å². The van der Waals surface area contributed by atoms with Gasteiger partial charge in [-0.2, -0.15) is 0 Å². The first kappa shape index (κ1) is 38.9. The van der Waals surface area contributed by atoms with Gasteiger partial charge in [0.05, 0.1) is 6.42 Å². The van der Waals surface area contributed by atoms with Gasteiger partial charge in [-0.25, -0.2) is 13.2 Å². The summed E-state index contributed by atoms with van der Waals surface area (Å²) in [6, 6.07) is 11.1. The van der Waals surface area contributed by atoms with Crippen LogP contribution in [0, 0.1) is 5.92 Å². The van der Waals surface area contributed by atoms with Gasteiger partial charge in [-0.15, -0.1) is 0 Å². The van der Waals surface area contributed by atoms with Crippen LogP contribution in [0.4, 0.5) is 4.79 Å². The highest BCUT2D eigenvalue weighted by Crippen LogP contribution is 2.16. The Balaban J connectivity index is 2.27. The third kappa shape index (κ3) is 14.5. The maximum absolute atomic E-state index is 13.7. The minimum atomic E-state index is -3.60. The molecule has 2 aromatic carbocycles. The van der Waals surface area contributed by atoms with Gasteiger partial charge in [0.1, 0.15) is 24.7 Å². The summed E-state index contributed by atoms with van der Waals surface area (Å²) in [5, 5.41) is 29.1. The number of hydrogen-bond donors (Lipinski definition) is 6. The fraction of sp³-hybridized carbons (Fsp3) is 0.375. The van der Waals surface area contributed by atoms with E-state index in [9.17, 15) is 42.3 Å². The van der Waals surface area contributed by atoms with Gasteiger partial charge in [0.25, 0.3) is 0 Å². The van der Waals surface area contributed by atoms with Crippen LogP contribution in [0.3, 0.4) is 0 Å². The number of ether oxygens (including phenoxy) is 1. The molecular formula is C32H40N4O11S. The average molecular weight is 689 g/mol. The number of hydrogen-bond acceptors (Lipinski definition) is 9. The van der Waals surface area contributed by atoms with Crippen LogP contribution in [0.25, 0.3) is 0 Å². The molecule has 4 atom stereocenters. The number of carboxylic acids is 2. The minimum absolute atomic E-state index is 0.139. The highest BCUT2D eigenvalue weighted by molar-refractivity contribution is 7.93. The first-order chi connectivity index (χ1) is 22.6. The largest absolute Gasteiger partial charge is 0.481 e. The van der Waals surface area contributed by atoms with Crippen molar-refractivity contribution in [2.75, 3.05) is 6.26 Å². The molecule has 4 amide bonds. The average Bonchev–Trinajstić information content (AvgIpc) is 3.02. The fourth-order valence-corrected chi connectivity index (χ4v) is 4.73. The standard InChI is InChI=1S/C32H40N4O11S/c1-20(2)27(30(42)33-23(14-15-25(37)38)16-17-48(3,45)46)35-31(43)28(22-12-8-5-9-13-22)36-29(41)24(18-26(39)40)34-32(44)47-19-21-10-6-4-7-11-21/h4-13,16-17,20,23-24,27-28H,14-15,18-19H2,1-3H3,(H,33,42)(H,34,44)(H,35,43)(H,36,41)(H,37,38)(H,39,40)/b17-16+/t23?,24-,27-,28-/m0/s1. The van der Waals surface area contributed by atoms with E-state index in [0.717, 1.165) is 17.7 Å². The maximum Gasteiger partial charge on any atom is 0.408 e. The molecule has 1 unspecified atom stereocenters. The van der Waals surface area contributed by atoms with Crippen molar-refractivity contribution >= 4 is 45.6 Å². The molecule has 260 valence electrons. The van der Waals surface area contributed by atoms with Crippen molar-refractivity contribution in [2.45, 2.75) is 63.9 Å². The van der Waals surface area contributed by atoms with Crippen molar-refractivity contribution in [2.24, 2.45) is 5.92 Å². The fourth-order valence-electron chi connectivity index (χ4n) is 4.26. The smallest absolute Gasteiger partial charge is 0.408 e. The highest BCUT2D eigenvalue weighted by atomic mass is 32.2. The normalized spacial score (nSPS) is 13.8. The predicted molar refractivity (Wildman–Crippen MR) is 173 cm³/mol. The van der Waals surface area contributed by atoms with E-state index < -0.39 is 82.1 Å². The number of carbonyl (C=O) groups excluding carboxylic acids is 4. The van der Waals surface area contributed by atoms with Gasteiger partial charge in [0.2, 0.25) is 17.7 Å². The Morgan fingerprint density at radius 3 is 1.94 bits per heavy atom. The second-order valence-corrected chi connectivity index (χ2v) is 13.1. The van der Waals surface area contributed by atoms with E-state index in [2.05, 4.69) is 21.3 Å². The van der Waals surface area contributed by atoms with Crippen LogP contribution in [0.15, 0.2) is 72.1 Å². The van der Waals surface area contributed by atoms with Crippen LogP contribution in [-0.2, 0) is 45.2 Å². The lowest BCUT2D eigenvalue weighted by Gasteiger charge is -2.27. The first-order valence-corrected chi connectivity index (χ1v) is 16.8. The van der Waals surface area contributed by atoms with Gasteiger partial charge < -0.3 is 36.2 Å².